The Balaban J connectivity index is 0.000000245. The van der Waals surface area contributed by atoms with Gasteiger partial charge in [-0.2, -0.15) is 0 Å². The highest BCUT2D eigenvalue weighted by Gasteiger charge is 2.47. The van der Waals surface area contributed by atoms with Crippen LogP contribution in [0.4, 0.5) is 0 Å². The zero-order chi connectivity index (χ0) is 22.0. The quantitative estimate of drug-likeness (QED) is 0.692. The first kappa shape index (κ1) is 23.9. The van der Waals surface area contributed by atoms with Crippen LogP contribution in [-0.4, -0.2) is 29.8 Å². The number of benzene rings is 2. The number of nitrogens with two attached hydrogens (primary N) is 1. The lowest BCUT2D eigenvalue weighted by molar-refractivity contribution is -0.141. The van der Waals surface area contributed by atoms with Crippen molar-refractivity contribution in [1.82, 2.24) is 4.90 Å². The predicted molar refractivity (Wildman–Crippen MR) is 124 cm³/mol. The lowest BCUT2D eigenvalue weighted by Crippen LogP contribution is -2.52. The average molecular weight is 429 g/mol. The van der Waals surface area contributed by atoms with Crippen molar-refractivity contribution in [2.45, 2.75) is 57.8 Å². The standard InChI is InChI=1S/C16H20ClNO.C7H7NO.C2H6/c17-14-7-5-13(6-8-14)16(9-4-10-16)15(19)18-11-2-1-3-12-18;8-7(9)6-4-2-1-3-5-6;1-2/h5-8H,1-4,9-12H2;1-5H,(H2,8,9);1-2H3. The Kier molecular flexibility index (Phi) is 9.38. The van der Waals surface area contributed by atoms with Crippen molar-refractivity contribution in [1.29, 1.82) is 0 Å². The fraction of sp³-hybridized carbons (Fsp3) is 0.440. The number of piperidine rings is 1. The number of primary amides is 1. The van der Waals surface area contributed by atoms with Crippen molar-refractivity contribution in [3.8, 4) is 0 Å². The first-order valence-electron chi connectivity index (χ1n) is 10.9. The lowest BCUT2D eigenvalue weighted by Gasteiger charge is -2.45. The van der Waals surface area contributed by atoms with Gasteiger partial charge >= 0.3 is 0 Å². The minimum Gasteiger partial charge on any atom is -0.366 e. The summed E-state index contributed by atoms with van der Waals surface area (Å²) in [5.74, 6) is -0.0311. The highest BCUT2D eigenvalue weighted by Crippen LogP contribution is 2.45. The number of carbonyl (C=O) groups excluding carboxylic acids is 2. The van der Waals surface area contributed by atoms with Gasteiger partial charge in [0.15, 0.2) is 0 Å². The molecule has 1 aliphatic heterocycles. The maximum Gasteiger partial charge on any atom is 0.248 e. The van der Waals surface area contributed by atoms with E-state index in [4.69, 9.17) is 17.3 Å². The van der Waals surface area contributed by atoms with Crippen LogP contribution in [0.1, 0.15) is 68.3 Å². The molecular formula is C25H33ClN2O2. The van der Waals surface area contributed by atoms with Gasteiger partial charge in [0.05, 0.1) is 5.41 Å². The van der Waals surface area contributed by atoms with Crippen LogP contribution in [0.5, 0.6) is 0 Å². The van der Waals surface area contributed by atoms with E-state index in [9.17, 15) is 9.59 Å². The van der Waals surface area contributed by atoms with Gasteiger partial charge in [-0.15, -0.1) is 0 Å². The first-order valence-corrected chi connectivity index (χ1v) is 11.3. The van der Waals surface area contributed by atoms with E-state index >= 15 is 0 Å². The summed E-state index contributed by atoms with van der Waals surface area (Å²) in [6, 6.07) is 16.6. The number of nitrogens with zero attached hydrogens (tertiary/aromatic N) is 1. The van der Waals surface area contributed by atoms with E-state index in [1.807, 2.05) is 44.2 Å². The lowest BCUT2D eigenvalue weighted by atomic mass is 9.63. The molecule has 1 heterocycles. The van der Waals surface area contributed by atoms with Gasteiger partial charge in [-0.25, -0.2) is 0 Å². The Labute approximate surface area is 185 Å². The second-order valence-electron chi connectivity index (χ2n) is 7.53. The average Bonchev–Trinajstić information content (AvgIpc) is 2.77. The van der Waals surface area contributed by atoms with Crippen molar-refractivity contribution in [2.75, 3.05) is 13.1 Å². The summed E-state index contributed by atoms with van der Waals surface area (Å²) in [6.07, 6.45) is 6.71. The topological polar surface area (TPSA) is 63.4 Å². The number of carbonyl (C=O) groups is 2. The molecule has 2 N–H and O–H groups in total. The Morgan fingerprint density at radius 1 is 0.867 bits per heavy atom. The Morgan fingerprint density at radius 2 is 1.43 bits per heavy atom. The molecule has 2 fully saturated rings. The van der Waals surface area contributed by atoms with Crippen LogP contribution < -0.4 is 5.73 Å². The molecule has 2 amide bonds. The number of amides is 2. The number of hydrogen-bond donors (Lipinski definition) is 1. The number of rotatable bonds is 3. The van der Waals surface area contributed by atoms with Crippen LogP contribution in [0.3, 0.4) is 0 Å². The second kappa shape index (κ2) is 11.8. The van der Waals surface area contributed by atoms with Crippen molar-refractivity contribution in [3.63, 3.8) is 0 Å². The highest BCUT2D eigenvalue weighted by atomic mass is 35.5. The summed E-state index contributed by atoms with van der Waals surface area (Å²) in [6.45, 7) is 5.88. The molecule has 2 aliphatic rings. The van der Waals surface area contributed by atoms with Crippen LogP contribution in [-0.2, 0) is 10.2 Å². The molecule has 0 radical (unpaired) electrons. The number of halogens is 1. The van der Waals surface area contributed by atoms with Gasteiger partial charge in [-0.05, 0) is 61.9 Å². The van der Waals surface area contributed by atoms with Gasteiger partial charge in [0.25, 0.3) is 0 Å². The van der Waals surface area contributed by atoms with Gasteiger partial charge in [-0.1, -0.05) is 62.2 Å². The normalized spacial score (nSPS) is 16.7. The minimum absolute atomic E-state index is 0.248. The van der Waals surface area contributed by atoms with Crippen molar-refractivity contribution >= 4 is 23.4 Å². The molecule has 5 heteroatoms. The first-order chi connectivity index (χ1) is 14.5. The Bertz CT molecular complexity index is 796. The van der Waals surface area contributed by atoms with Crippen molar-refractivity contribution < 1.29 is 9.59 Å². The summed E-state index contributed by atoms with van der Waals surface area (Å²) in [5, 5.41) is 0.739. The molecule has 0 aromatic heterocycles. The summed E-state index contributed by atoms with van der Waals surface area (Å²) in [7, 11) is 0. The fourth-order valence-electron chi connectivity index (χ4n) is 3.93. The predicted octanol–water partition coefficient (Wildman–Crippen LogP) is 5.59. The molecule has 0 bridgehead atoms. The van der Waals surface area contributed by atoms with Gasteiger partial charge in [0.2, 0.25) is 11.8 Å². The van der Waals surface area contributed by atoms with E-state index in [1.165, 1.54) is 6.42 Å². The van der Waals surface area contributed by atoms with Crippen LogP contribution in [0, 0.1) is 0 Å². The summed E-state index contributed by atoms with van der Waals surface area (Å²) in [4.78, 5) is 25.4. The molecule has 30 heavy (non-hydrogen) atoms. The highest BCUT2D eigenvalue weighted by molar-refractivity contribution is 6.30. The monoisotopic (exact) mass is 428 g/mol. The van der Waals surface area contributed by atoms with Crippen molar-refractivity contribution in [3.05, 3.63) is 70.7 Å². The molecule has 0 unspecified atom stereocenters. The Morgan fingerprint density at radius 3 is 1.87 bits per heavy atom. The molecule has 1 saturated carbocycles. The van der Waals surface area contributed by atoms with E-state index in [-0.39, 0.29) is 11.3 Å². The van der Waals surface area contributed by atoms with E-state index in [1.54, 1.807) is 24.3 Å². The molecule has 4 rings (SSSR count). The summed E-state index contributed by atoms with van der Waals surface area (Å²) < 4.78 is 0. The molecular weight excluding hydrogens is 396 g/mol. The molecule has 0 spiro atoms. The van der Waals surface area contributed by atoms with Crippen LogP contribution in [0.2, 0.25) is 5.02 Å². The van der Waals surface area contributed by atoms with Gasteiger partial charge in [0.1, 0.15) is 0 Å². The maximum atomic E-state index is 12.9. The fourth-order valence-corrected chi connectivity index (χ4v) is 4.05. The zero-order valence-electron chi connectivity index (χ0n) is 18.1. The molecule has 1 saturated heterocycles. The molecule has 0 atom stereocenters. The maximum absolute atomic E-state index is 12.9. The van der Waals surface area contributed by atoms with E-state index in [0.29, 0.717) is 11.5 Å². The van der Waals surface area contributed by atoms with Crippen LogP contribution >= 0.6 is 11.6 Å². The van der Waals surface area contributed by atoms with Crippen LogP contribution in [0.15, 0.2) is 54.6 Å². The Hall–Kier alpha value is -2.33. The third-order valence-corrected chi connectivity index (χ3v) is 5.97. The molecule has 4 nitrogen and oxygen atoms in total. The largest absolute Gasteiger partial charge is 0.366 e. The molecule has 2 aromatic rings. The van der Waals surface area contributed by atoms with Gasteiger partial charge in [-0.3, -0.25) is 9.59 Å². The number of hydrogen-bond acceptors (Lipinski definition) is 2. The molecule has 2 aromatic carbocycles. The summed E-state index contributed by atoms with van der Waals surface area (Å²) >= 11 is 5.96. The molecule has 162 valence electrons. The van der Waals surface area contributed by atoms with Crippen LogP contribution in [0.25, 0.3) is 0 Å². The smallest absolute Gasteiger partial charge is 0.248 e. The molecule has 1 aliphatic carbocycles. The minimum atomic E-state index is -0.379. The SMILES string of the molecule is CC.NC(=O)c1ccccc1.O=C(N1CCCCC1)C1(c2ccc(Cl)cc2)CCC1. The zero-order valence-corrected chi connectivity index (χ0v) is 18.8. The van der Waals surface area contributed by atoms with Gasteiger partial charge in [0, 0.05) is 23.7 Å². The van der Waals surface area contributed by atoms with E-state index in [2.05, 4.69) is 4.90 Å². The summed E-state index contributed by atoms with van der Waals surface area (Å²) in [5.41, 5.74) is 6.43. The second-order valence-corrected chi connectivity index (χ2v) is 7.96. The number of likely N-dealkylation sites (tertiary alicyclic amines) is 1. The third-order valence-electron chi connectivity index (χ3n) is 5.71. The van der Waals surface area contributed by atoms with Gasteiger partial charge < -0.3 is 10.6 Å². The van der Waals surface area contributed by atoms with E-state index < -0.39 is 0 Å². The van der Waals surface area contributed by atoms with E-state index in [0.717, 1.165) is 55.8 Å². The third kappa shape index (κ3) is 5.85. The van der Waals surface area contributed by atoms with Crippen molar-refractivity contribution in [2.24, 2.45) is 5.73 Å².